The first-order chi connectivity index (χ1) is 25.7. The molecule has 54 heavy (non-hydrogen) atoms. The SMILES string of the molecule is C1CCOC1.C1CCOC1.C1CCOC1.CC(C)c1cccc(C(C)C)c1N=Cc1ccc[n-]1.CC(C)c1cccc(C(C)C)c1N=Cc1ccc[n-]1.[Ba+2]. The average Bonchev–Trinajstić information content (AvgIpc) is 4.02. The third-order valence-corrected chi connectivity index (χ3v) is 8.97. The van der Waals surface area contributed by atoms with Crippen LogP contribution in [0.25, 0.3) is 0 Å². The summed E-state index contributed by atoms with van der Waals surface area (Å²) in [4.78, 5) is 17.9. The van der Waals surface area contributed by atoms with Crippen LogP contribution in [0, 0.1) is 0 Å². The first-order valence-corrected chi connectivity index (χ1v) is 19.9. The predicted molar refractivity (Wildman–Crippen MR) is 229 cm³/mol. The predicted octanol–water partition coefficient (Wildman–Crippen LogP) is 11.3. The molecule has 0 aliphatic carbocycles. The van der Waals surface area contributed by atoms with Crippen molar-refractivity contribution in [1.82, 2.24) is 9.97 Å². The van der Waals surface area contributed by atoms with Crippen LogP contribution in [0.15, 0.2) is 83.0 Å². The van der Waals surface area contributed by atoms with E-state index in [2.05, 4.69) is 102 Å². The topological polar surface area (TPSA) is 80.6 Å². The molecule has 3 fully saturated rings. The molecule has 0 spiro atoms. The van der Waals surface area contributed by atoms with E-state index in [0.29, 0.717) is 23.7 Å². The van der Waals surface area contributed by atoms with Crippen LogP contribution in [0.4, 0.5) is 11.4 Å². The van der Waals surface area contributed by atoms with Gasteiger partial charge in [0, 0.05) is 52.1 Å². The standard InChI is InChI=1S/2C17H21N2.3C4H8O.Ba/c2*1-12(2)15-8-5-9-16(13(3)4)17(15)19-11-14-7-6-10-18-14;3*1-2-4-5-3-1;/h2*5-13H,1-4H3;3*1-4H2;/q2*-1;;;;+2. The molecule has 3 saturated heterocycles. The van der Waals surface area contributed by atoms with Crippen LogP contribution < -0.4 is 9.97 Å². The molecule has 4 aromatic rings. The fourth-order valence-electron chi connectivity index (χ4n) is 5.89. The van der Waals surface area contributed by atoms with E-state index < -0.39 is 0 Å². The molecular weight excluding hydrogens is 794 g/mol. The largest absolute Gasteiger partial charge is 2.00 e. The fraction of sp³-hybridized carbons (Fsp3) is 0.522. The Bertz CT molecular complexity index is 1360. The third kappa shape index (κ3) is 18.2. The number of hydrogen-bond donors (Lipinski definition) is 0. The Hall–Kier alpha value is -2.21. The summed E-state index contributed by atoms with van der Waals surface area (Å²) in [5.41, 5.74) is 9.23. The molecule has 2 aromatic heterocycles. The van der Waals surface area contributed by atoms with Crippen molar-refractivity contribution < 1.29 is 14.2 Å². The minimum atomic E-state index is 0. The minimum absolute atomic E-state index is 0. The molecule has 2 aromatic carbocycles. The normalized spacial score (nSPS) is 15.0. The Kier molecular flexibility index (Phi) is 25.1. The summed E-state index contributed by atoms with van der Waals surface area (Å²) < 4.78 is 14.8. The van der Waals surface area contributed by atoms with Crippen LogP contribution in [-0.2, 0) is 14.2 Å². The van der Waals surface area contributed by atoms with E-state index >= 15 is 0 Å². The van der Waals surface area contributed by atoms with Crippen molar-refractivity contribution >= 4 is 72.7 Å². The Morgan fingerprint density at radius 2 is 0.722 bits per heavy atom. The first-order valence-electron chi connectivity index (χ1n) is 19.9. The number of aromatic nitrogens is 2. The first kappa shape index (κ1) is 47.9. The molecule has 0 saturated carbocycles. The molecule has 0 radical (unpaired) electrons. The van der Waals surface area contributed by atoms with Crippen molar-refractivity contribution in [3.8, 4) is 0 Å². The molecule has 7 rings (SSSR count). The van der Waals surface area contributed by atoms with Gasteiger partial charge >= 0.3 is 48.9 Å². The number of nitrogens with zero attached hydrogens (tertiary/aromatic N) is 4. The summed E-state index contributed by atoms with van der Waals surface area (Å²) >= 11 is 0. The summed E-state index contributed by atoms with van der Waals surface area (Å²) in [6.07, 6.45) is 15.0. The summed E-state index contributed by atoms with van der Waals surface area (Å²) in [6, 6.07) is 20.7. The van der Waals surface area contributed by atoms with Crippen molar-refractivity contribution in [3.05, 3.63) is 107 Å². The number of benzene rings is 2. The number of hydrogen-bond acceptors (Lipinski definition) is 5. The maximum Gasteiger partial charge on any atom is 2.00 e. The molecule has 0 unspecified atom stereocenters. The Morgan fingerprint density at radius 3 is 0.907 bits per heavy atom. The zero-order valence-electron chi connectivity index (χ0n) is 34.6. The molecular formula is C46H66BaN4O3. The van der Waals surface area contributed by atoms with E-state index in [1.165, 1.54) is 60.8 Å². The maximum absolute atomic E-state index is 4.94. The molecule has 7 nitrogen and oxygen atoms in total. The molecule has 290 valence electrons. The van der Waals surface area contributed by atoms with Gasteiger partial charge in [0.2, 0.25) is 0 Å². The number of rotatable bonds is 8. The zero-order chi connectivity index (χ0) is 38.3. The second kappa shape index (κ2) is 28.2. The van der Waals surface area contributed by atoms with Gasteiger partial charge in [0.05, 0.1) is 11.4 Å². The molecule has 3 aliphatic rings. The summed E-state index contributed by atoms with van der Waals surface area (Å²) in [6.45, 7) is 23.7. The van der Waals surface area contributed by atoms with Gasteiger partial charge in [-0.25, -0.2) is 0 Å². The molecule has 0 N–H and O–H groups in total. The van der Waals surface area contributed by atoms with E-state index in [0.717, 1.165) is 62.4 Å². The van der Waals surface area contributed by atoms with Crippen LogP contribution in [0.2, 0.25) is 0 Å². The van der Waals surface area contributed by atoms with E-state index in [1.807, 2.05) is 36.7 Å². The van der Waals surface area contributed by atoms with Crippen molar-refractivity contribution in [2.45, 2.75) is 118 Å². The van der Waals surface area contributed by atoms with Crippen LogP contribution in [-0.4, -0.2) is 101 Å². The average molecular weight is 860 g/mol. The van der Waals surface area contributed by atoms with Crippen molar-refractivity contribution in [2.24, 2.45) is 9.98 Å². The van der Waals surface area contributed by atoms with Crippen LogP contribution in [0.3, 0.4) is 0 Å². The molecule has 0 bridgehead atoms. The van der Waals surface area contributed by atoms with Crippen molar-refractivity contribution in [2.75, 3.05) is 39.6 Å². The van der Waals surface area contributed by atoms with Gasteiger partial charge in [-0.2, -0.15) is 12.4 Å². The number of ether oxygens (including phenoxy) is 3. The quantitative estimate of drug-likeness (QED) is 0.130. The Morgan fingerprint density at radius 1 is 0.444 bits per heavy atom. The van der Waals surface area contributed by atoms with Crippen molar-refractivity contribution in [1.29, 1.82) is 0 Å². The molecule has 5 heterocycles. The smallest absolute Gasteiger partial charge is 0.663 e. The van der Waals surface area contributed by atoms with Gasteiger partial charge in [-0.1, -0.05) is 116 Å². The summed E-state index contributed by atoms with van der Waals surface area (Å²) in [7, 11) is 0. The Balaban J connectivity index is 0.000000266. The fourth-order valence-corrected chi connectivity index (χ4v) is 5.89. The van der Waals surface area contributed by atoms with Crippen molar-refractivity contribution in [3.63, 3.8) is 0 Å². The zero-order valence-corrected chi connectivity index (χ0v) is 39.0. The van der Waals surface area contributed by atoms with E-state index in [4.69, 9.17) is 24.2 Å². The van der Waals surface area contributed by atoms with Gasteiger partial charge in [0.25, 0.3) is 0 Å². The second-order valence-corrected chi connectivity index (χ2v) is 14.8. The van der Waals surface area contributed by atoms with E-state index in [9.17, 15) is 0 Å². The van der Waals surface area contributed by atoms with Gasteiger partial charge < -0.3 is 24.2 Å². The van der Waals surface area contributed by atoms with Crippen LogP contribution in [0.1, 0.15) is 151 Å². The molecule has 3 aliphatic heterocycles. The maximum atomic E-state index is 4.94. The summed E-state index contributed by atoms with van der Waals surface area (Å²) in [5, 5.41) is 0. The Labute approximate surface area is 367 Å². The van der Waals surface area contributed by atoms with Gasteiger partial charge in [0.1, 0.15) is 0 Å². The molecule has 8 heteroatoms. The second-order valence-electron chi connectivity index (χ2n) is 14.8. The van der Waals surface area contributed by atoms with E-state index in [1.54, 1.807) is 12.4 Å². The number of para-hydroxylation sites is 2. The van der Waals surface area contributed by atoms with Crippen LogP contribution >= 0.6 is 0 Å². The minimum Gasteiger partial charge on any atom is -0.663 e. The third-order valence-electron chi connectivity index (χ3n) is 8.97. The van der Waals surface area contributed by atoms with Gasteiger partial charge in [0.15, 0.2) is 0 Å². The number of aliphatic imine (C=N–C) groups is 2. The van der Waals surface area contributed by atoms with E-state index in [-0.39, 0.29) is 48.9 Å². The molecule has 0 amide bonds. The monoisotopic (exact) mass is 860 g/mol. The van der Waals surface area contributed by atoms with Gasteiger partial charge in [-0.3, -0.25) is 9.98 Å². The summed E-state index contributed by atoms with van der Waals surface area (Å²) in [5.74, 6) is 1.88. The van der Waals surface area contributed by atoms with Gasteiger partial charge in [-0.05, 0) is 84.5 Å². The van der Waals surface area contributed by atoms with Gasteiger partial charge in [-0.15, -0.1) is 11.4 Å². The molecule has 0 atom stereocenters. The van der Waals surface area contributed by atoms with Crippen LogP contribution in [0.5, 0.6) is 0 Å².